The quantitative estimate of drug-likeness (QED) is 0.829. The number of anilines is 1. The summed E-state index contributed by atoms with van der Waals surface area (Å²) in [5.41, 5.74) is 1.91. The summed E-state index contributed by atoms with van der Waals surface area (Å²) >= 11 is 0. The van der Waals surface area contributed by atoms with Gasteiger partial charge in [0.1, 0.15) is 5.76 Å². The first-order chi connectivity index (χ1) is 7.15. The van der Waals surface area contributed by atoms with Gasteiger partial charge in [0.05, 0.1) is 24.1 Å². The molecule has 0 aliphatic carbocycles. The van der Waals surface area contributed by atoms with Crippen molar-refractivity contribution in [2.75, 3.05) is 5.32 Å². The molecular formula is C10H14N4O. The van der Waals surface area contributed by atoms with Crippen molar-refractivity contribution in [1.29, 1.82) is 0 Å². The lowest BCUT2D eigenvalue weighted by atomic mass is 10.4. The number of rotatable bonds is 3. The van der Waals surface area contributed by atoms with Crippen LogP contribution in [0.5, 0.6) is 0 Å². The van der Waals surface area contributed by atoms with Gasteiger partial charge in [-0.3, -0.25) is 4.68 Å². The van der Waals surface area contributed by atoms with E-state index in [-0.39, 0.29) is 0 Å². The second kappa shape index (κ2) is 3.76. The second-order valence-corrected chi connectivity index (χ2v) is 3.51. The molecule has 2 rings (SSSR count). The highest BCUT2D eigenvalue weighted by Crippen LogP contribution is 2.10. The van der Waals surface area contributed by atoms with Crippen molar-refractivity contribution in [3.63, 3.8) is 0 Å². The zero-order valence-electron chi connectivity index (χ0n) is 9.11. The van der Waals surface area contributed by atoms with Crippen molar-refractivity contribution in [3.05, 3.63) is 29.7 Å². The standard InChI is InChI=1S/C10H14N4O/c1-7-8(2)15-10(13-7)5-11-9-4-12-14(3)6-9/h4,6,11H,5H2,1-3H3. The van der Waals surface area contributed by atoms with Crippen LogP contribution in [0, 0.1) is 13.8 Å². The van der Waals surface area contributed by atoms with Crippen LogP contribution in [0.4, 0.5) is 5.69 Å². The van der Waals surface area contributed by atoms with Crippen LogP contribution in [0.2, 0.25) is 0 Å². The molecule has 0 saturated heterocycles. The lowest BCUT2D eigenvalue weighted by Gasteiger charge is -1.97. The molecule has 80 valence electrons. The number of hydrogen-bond acceptors (Lipinski definition) is 4. The van der Waals surface area contributed by atoms with Gasteiger partial charge in [0.15, 0.2) is 0 Å². The fraction of sp³-hybridized carbons (Fsp3) is 0.400. The Labute approximate surface area is 88.1 Å². The molecule has 0 bridgehead atoms. The number of nitrogens with zero attached hydrogens (tertiary/aromatic N) is 3. The van der Waals surface area contributed by atoms with Gasteiger partial charge in [-0.05, 0) is 13.8 Å². The Morgan fingerprint density at radius 1 is 1.47 bits per heavy atom. The first-order valence-corrected chi connectivity index (χ1v) is 4.80. The van der Waals surface area contributed by atoms with E-state index in [0.29, 0.717) is 12.4 Å². The molecule has 0 aliphatic heterocycles. The van der Waals surface area contributed by atoms with Crippen LogP contribution in [0.3, 0.4) is 0 Å². The van der Waals surface area contributed by atoms with E-state index in [1.807, 2.05) is 27.1 Å². The molecule has 0 aliphatic rings. The molecule has 0 fully saturated rings. The third-order valence-corrected chi connectivity index (χ3v) is 2.22. The number of oxazole rings is 1. The van der Waals surface area contributed by atoms with Crippen LogP contribution >= 0.6 is 0 Å². The summed E-state index contributed by atoms with van der Waals surface area (Å²) in [4.78, 5) is 4.28. The maximum absolute atomic E-state index is 5.44. The highest BCUT2D eigenvalue weighted by molar-refractivity contribution is 5.37. The minimum Gasteiger partial charge on any atom is -0.444 e. The summed E-state index contributed by atoms with van der Waals surface area (Å²) < 4.78 is 7.19. The van der Waals surface area contributed by atoms with E-state index in [1.165, 1.54) is 0 Å². The first kappa shape index (κ1) is 9.76. The summed E-state index contributed by atoms with van der Waals surface area (Å²) in [6.07, 6.45) is 3.67. The lowest BCUT2D eigenvalue weighted by molar-refractivity contribution is 0.478. The minimum absolute atomic E-state index is 0.584. The Morgan fingerprint density at radius 2 is 2.27 bits per heavy atom. The average Bonchev–Trinajstić information content (AvgIpc) is 2.72. The molecule has 0 unspecified atom stereocenters. The fourth-order valence-corrected chi connectivity index (χ4v) is 1.30. The highest BCUT2D eigenvalue weighted by atomic mass is 16.4. The second-order valence-electron chi connectivity index (χ2n) is 3.51. The molecule has 2 aromatic rings. The largest absolute Gasteiger partial charge is 0.444 e. The van der Waals surface area contributed by atoms with Gasteiger partial charge in [-0.2, -0.15) is 5.10 Å². The van der Waals surface area contributed by atoms with Gasteiger partial charge < -0.3 is 9.73 Å². The summed E-state index contributed by atoms with van der Waals surface area (Å²) in [6, 6.07) is 0. The Kier molecular flexibility index (Phi) is 2.45. The van der Waals surface area contributed by atoms with Gasteiger partial charge in [-0.25, -0.2) is 4.98 Å². The lowest BCUT2D eigenvalue weighted by Crippen LogP contribution is -1.98. The molecule has 0 radical (unpaired) electrons. The van der Waals surface area contributed by atoms with Gasteiger partial charge in [0.25, 0.3) is 0 Å². The third kappa shape index (κ3) is 2.18. The summed E-state index contributed by atoms with van der Waals surface area (Å²) in [6.45, 7) is 4.43. The zero-order chi connectivity index (χ0) is 10.8. The predicted molar refractivity (Wildman–Crippen MR) is 56.5 cm³/mol. The summed E-state index contributed by atoms with van der Waals surface area (Å²) in [5.74, 6) is 1.58. The van der Waals surface area contributed by atoms with Crippen LogP contribution in [0.15, 0.2) is 16.8 Å². The van der Waals surface area contributed by atoms with E-state index in [0.717, 1.165) is 17.1 Å². The van der Waals surface area contributed by atoms with E-state index < -0.39 is 0 Å². The smallest absolute Gasteiger partial charge is 0.213 e. The Hall–Kier alpha value is -1.78. The number of aromatic nitrogens is 3. The number of nitrogens with one attached hydrogen (secondary N) is 1. The van der Waals surface area contributed by atoms with Crippen LogP contribution in [0.1, 0.15) is 17.3 Å². The summed E-state index contributed by atoms with van der Waals surface area (Å²) in [7, 11) is 1.88. The molecule has 0 amide bonds. The van der Waals surface area contributed by atoms with E-state index in [9.17, 15) is 0 Å². The molecule has 2 aromatic heterocycles. The average molecular weight is 206 g/mol. The molecule has 0 aromatic carbocycles. The monoisotopic (exact) mass is 206 g/mol. The van der Waals surface area contributed by atoms with Crippen LogP contribution in [-0.2, 0) is 13.6 Å². The van der Waals surface area contributed by atoms with E-state index in [4.69, 9.17) is 4.42 Å². The van der Waals surface area contributed by atoms with E-state index in [2.05, 4.69) is 15.4 Å². The van der Waals surface area contributed by atoms with Gasteiger partial charge in [-0.1, -0.05) is 0 Å². The SMILES string of the molecule is Cc1nc(CNc2cnn(C)c2)oc1C. The first-order valence-electron chi connectivity index (χ1n) is 4.80. The predicted octanol–water partition coefficient (Wildman–Crippen LogP) is 1.64. The van der Waals surface area contributed by atoms with Crippen molar-refractivity contribution in [2.24, 2.45) is 7.05 Å². The minimum atomic E-state index is 0.584. The van der Waals surface area contributed by atoms with Crippen LogP contribution in [0.25, 0.3) is 0 Å². The van der Waals surface area contributed by atoms with Crippen molar-refractivity contribution in [3.8, 4) is 0 Å². The summed E-state index contributed by atoms with van der Waals surface area (Å²) in [5, 5.41) is 7.24. The molecule has 2 heterocycles. The normalized spacial score (nSPS) is 10.6. The molecule has 1 N–H and O–H groups in total. The van der Waals surface area contributed by atoms with Gasteiger partial charge >= 0.3 is 0 Å². The van der Waals surface area contributed by atoms with Gasteiger partial charge in [-0.15, -0.1) is 0 Å². The van der Waals surface area contributed by atoms with Gasteiger partial charge in [0.2, 0.25) is 5.89 Å². The molecule has 0 saturated carbocycles. The molecule has 5 nitrogen and oxygen atoms in total. The van der Waals surface area contributed by atoms with Gasteiger partial charge in [0, 0.05) is 13.2 Å². The molecule has 15 heavy (non-hydrogen) atoms. The maximum atomic E-state index is 5.44. The van der Waals surface area contributed by atoms with E-state index >= 15 is 0 Å². The Balaban J connectivity index is 1.99. The maximum Gasteiger partial charge on any atom is 0.213 e. The van der Waals surface area contributed by atoms with Crippen molar-refractivity contribution in [2.45, 2.75) is 20.4 Å². The van der Waals surface area contributed by atoms with E-state index in [1.54, 1.807) is 10.9 Å². The highest BCUT2D eigenvalue weighted by Gasteiger charge is 2.05. The van der Waals surface area contributed by atoms with Crippen molar-refractivity contribution < 1.29 is 4.42 Å². The topological polar surface area (TPSA) is 55.9 Å². The van der Waals surface area contributed by atoms with Crippen LogP contribution in [-0.4, -0.2) is 14.8 Å². The van der Waals surface area contributed by atoms with Crippen molar-refractivity contribution >= 4 is 5.69 Å². The zero-order valence-corrected chi connectivity index (χ0v) is 9.11. The number of hydrogen-bond donors (Lipinski definition) is 1. The molecule has 0 atom stereocenters. The third-order valence-electron chi connectivity index (χ3n) is 2.22. The molecular weight excluding hydrogens is 192 g/mol. The number of aryl methyl sites for hydroxylation is 3. The fourth-order valence-electron chi connectivity index (χ4n) is 1.30. The molecule has 5 heteroatoms. The molecule has 0 spiro atoms. The Bertz CT molecular complexity index is 438. The Morgan fingerprint density at radius 3 is 2.80 bits per heavy atom. The van der Waals surface area contributed by atoms with Crippen molar-refractivity contribution in [1.82, 2.24) is 14.8 Å². The van der Waals surface area contributed by atoms with Crippen LogP contribution < -0.4 is 5.32 Å².